The zero-order chi connectivity index (χ0) is 20.7. The van der Waals surface area contributed by atoms with Crippen LogP contribution in [0.2, 0.25) is 0 Å². The molecule has 29 heavy (non-hydrogen) atoms. The van der Waals surface area contributed by atoms with E-state index < -0.39 is 0 Å². The van der Waals surface area contributed by atoms with Crippen molar-refractivity contribution in [3.63, 3.8) is 0 Å². The molecule has 5 heteroatoms. The maximum Gasteiger partial charge on any atom is 0.244 e. The van der Waals surface area contributed by atoms with Crippen LogP contribution in [-0.2, 0) is 10.2 Å². The van der Waals surface area contributed by atoms with Gasteiger partial charge in [-0.2, -0.15) is 0 Å². The van der Waals surface area contributed by atoms with Gasteiger partial charge in [-0.3, -0.25) is 4.79 Å². The summed E-state index contributed by atoms with van der Waals surface area (Å²) >= 11 is 0. The number of hydrogen-bond acceptors (Lipinski definition) is 4. The molecule has 2 aromatic carbocycles. The summed E-state index contributed by atoms with van der Waals surface area (Å²) in [6, 6.07) is 13.7. The van der Waals surface area contributed by atoms with Gasteiger partial charge >= 0.3 is 0 Å². The number of hydrogen-bond donors (Lipinski definition) is 1. The van der Waals surface area contributed by atoms with E-state index in [1.165, 1.54) is 5.56 Å². The van der Waals surface area contributed by atoms with Crippen molar-refractivity contribution in [1.82, 2.24) is 5.32 Å². The SMILES string of the molecule is COc1ccccc1C=CC(=O)NCC1(c2ccc(OC)c(OC)c2)CCCC1. The lowest BCUT2D eigenvalue weighted by Gasteiger charge is -2.30. The fraction of sp³-hybridized carbons (Fsp3) is 0.375. The smallest absolute Gasteiger partial charge is 0.244 e. The van der Waals surface area contributed by atoms with Crippen LogP contribution in [0, 0.1) is 0 Å². The second-order valence-corrected chi connectivity index (χ2v) is 7.35. The second-order valence-electron chi connectivity index (χ2n) is 7.35. The molecule has 0 heterocycles. The molecule has 1 saturated carbocycles. The van der Waals surface area contributed by atoms with E-state index in [1.807, 2.05) is 36.4 Å². The second kappa shape index (κ2) is 9.50. The molecule has 5 nitrogen and oxygen atoms in total. The number of amides is 1. The lowest BCUT2D eigenvalue weighted by molar-refractivity contribution is -0.116. The number of carbonyl (C=O) groups excluding carboxylic acids is 1. The molecule has 0 saturated heterocycles. The average Bonchev–Trinajstić information content (AvgIpc) is 3.26. The van der Waals surface area contributed by atoms with Gasteiger partial charge in [-0.15, -0.1) is 0 Å². The topological polar surface area (TPSA) is 56.8 Å². The predicted molar refractivity (Wildman–Crippen MR) is 115 cm³/mol. The normalized spacial score (nSPS) is 15.3. The summed E-state index contributed by atoms with van der Waals surface area (Å²) in [5, 5.41) is 3.10. The van der Waals surface area contributed by atoms with Crippen LogP contribution in [0.5, 0.6) is 17.2 Å². The maximum absolute atomic E-state index is 12.5. The molecule has 2 aromatic rings. The van der Waals surface area contributed by atoms with E-state index >= 15 is 0 Å². The molecule has 1 aliphatic carbocycles. The number of carbonyl (C=O) groups is 1. The lowest BCUT2D eigenvalue weighted by atomic mass is 9.78. The Kier molecular flexibility index (Phi) is 6.81. The van der Waals surface area contributed by atoms with Crippen LogP contribution in [0.1, 0.15) is 36.8 Å². The third-order valence-corrected chi connectivity index (χ3v) is 5.71. The minimum Gasteiger partial charge on any atom is -0.496 e. The van der Waals surface area contributed by atoms with Gasteiger partial charge in [0.2, 0.25) is 5.91 Å². The summed E-state index contributed by atoms with van der Waals surface area (Å²) < 4.78 is 16.2. The summed E-state index contributed by atoms with van der Waals surface area (Å²) in [6.07, 6.45) is 7.74. The molecule has 154 valence electrons. The number of rotatable bonds is 8. The monoisotopic (exact) mass is 395 g/mol. The molecule has 0 aliphatic heterocycles. The molecule has 1 fully saturated rings. The van der Waals surface area contributed by atoms with E-state index in [1.54, 1.807) is 33.5 Å². The number of methoxy groups -OCH3 is 3. The number of benzene rings is 2. The van der Waals surface area contributed by atoms with Gasteiger partial charge in [-0.05, 0) is 42.7 Å². The number of para-hydroxylation sites is 1. The van der Waals surface area contributed by atoms with Crippen molar-refractivity contribution in [2.24, 2.45) is 0 Å². The molecule has 1 N–H and O–H groups in total. The van der Waals surface area contributed by atoms with Crippen LogP contribution < -0.4 is 19.5 Å². The van der Waals surface area contributed by atoms with Gasteiger partial charge in [-0.25, -0.2) is 0 Å². The molecule has 0 bridgehead atoms. The first-order chi connectivity index (χ1) is 14.1. The Morgan fingerprint density at radius 3 is 2.34 bits per heavy atom. The standard InChI is InChI=1S/C24H29NO4/c1-27-20-9-5-4-8-18(20)10-13-23(26)25-17-24(14-6-7-15-24)19-11-12-21(28-2)22(16-19)29-3/h4-5,8-13,16H,6-7,14-15,17H2,1-3H3,(H,25,26). The molecule has 0 spiro atoms. The molecule has 1 amide bonds. The Balaban J connectivity index is 1.72. The predicted octanol–water partition coefficient (Wildman–Crippen LogP) is 4.35. The molecule has 0 aromatic heterocycles. The fourth-order valence-electron chi connectivity index (χ4n) is 4.07. The third-order valence-electron chi connectivity index (χ3n) is 5.71. The molecule has 3 rings (SSSR count). The Morgan fingerprint density at radius 1 is 0.966 bits per heavy atom. The Morgan fingerprint density at radius 2 is 1.66 bits per heavy atom. The summed E-state index contributed by atoms with van der Waals surface area (Å²) in [4.78, 5) is 12.5. The zero-order valence-corrected chi connectivity index (χ0v) is 17.4. The van der Waals surface area contributed by atoms with E-state index in [-0.39, 0.29) is 11.3 Å². The van der Waals surface area contributed by atoms with Crippen molar-refractivity contribution in [1.29, 1.82) is 0 Å². The molecular formula is C24H29NO4. The van der Waals surface area contributed by atoms with Crippen LogP contribution in [0.3, 0.4) is 0 Å². The highest BCUT2D eigenvalue weighted by Gasteiger charge is 2.36. The quantitative estimate of drug-likeness (QED) is 0.675. The number of ether oxygens (including phenoxy) is 3. The van der Waals surface area contributed by atoms with E-state index in [4.69, 9.17) is 14.2 Å². The van der Waals surface area contributed by atoms with Crippen LogP contribution in [0.25, 0.3) is 6.08 Å². The zero-order valence-electron chi connectivity index (χ0n) is 17.4. The van der Waals surface area contributed by atoms with Crippen LogP contribution in [-0.4, -0.2) is 33.8 Å². The molecule has 1 aliphatic rings. The summed E-state index contributed by atoms with van der Waals surface area (Å²) in [6.45, 7) is 0.595. The van der Waals surface area contributed by atoms with Crippen molar-refractivity contribution in [2.45, 2.75) is 31.1 Å². The van der Waals surface area contributed by atoms with Crippen molar-refractivity contribution < 1.29 is 19.0 Å². The first kappa shape index (κ1) is 20.8. The highest BCUT2D eigenvalue weighted by Crippen LogP contribution is 2.43. The van der Waals surface area contributed by atoms with E-state index in [0.717, 1.165) is 42.7 Å². The maximum atomic E-state index is 12.5. The lowest BCUT2D eigenvalue weighted by Crippen LogP contribution is -2.38. The van der Waals surface area contributed by atoms with E-state index in [9.17, 15) is 4.79 Å². The van der Waals surface area contributed by atoms with Gasteiger partial charge in [0.1, 0.15) is 5.75 Å². The third kappa shape index (κ3) is 4.73. The summed E-state index contributed by atoms with van der Waals surface area (Å²) in [7, 11) is 4.91. The van der Waals surface area contributed by atoms with E-state index in [0.29, 0.717) is 12.3 Å². The van der Waals surface area contributed by atoms with Gasteiger partial charge in [-0.1, -0.05) is 37.1 Å². The number of nitrogens with one attached hydrogen (secondary N) is 1. The van der Waals surface area contributed by atoms with Crippen LogP contribution in [0.15, 0.2) is 48.5 Å². The summed E-state index contributed by atoms with van der Waals surface area (Å²) in [5.74, 6) is 2.07. The highest BCUT2D eigenvalue weighted by molar-refractivity contribution is 5.92. The molecule has 0 unspecified atom stereocenters. The average molecular weight is 395 g/mol. The largest absolute Gasteiger partial charge is 0.496 e. The van der Waals surface area contributed by atoms with Gasteiger partial charge in [0.15, 0.2) is 11.5 Å². The summed E-state index contributed by atoms with van der Waals surface area (Å²) in [5.41, 5.74) is 1.98. The van der Waals surface area contributed by atoms with Crippen molar-refractivity contribution in [3.8, 4) is 17.2 Å². The molecular weight excluding hydrogens is 366 g/mol. The minimum absolute atomic E-state index is 0.0759. The van der Waals surface area contributed by atoms with Crippen molar-refractivity contribution in [3.05, 3.63) is 59.7 Å². The Labute approximate surface area is 172 Å². The highest BCUT2D eigenvalue weighted by atomic mass is 16.5. The Bertz CT molecular complexity index is 869. The van der Waals surface area contributed by atoms with Gasteiger partial charge in [0.25, 0.3) is 0 Å². The van der Waals surface area contributed by atoms with Gasteiger partial charge in [0.05, 0.1) is 21.3 Å². The van der Waals surface area contributed by atoms with Crippen molar-refractivity contribution in [2.75, 3.05) is 27.9 Å². The van der Waals surface area contributed by atoms with Crippen molar-refractivity contribution >= 4 is 12.0 Å². The van der Waals surface area contributed by atoms with Gasteiger partial charge < -0.3 is 19.5 Å². The minimum atomic E-state index is -0.109. The molecule has 0 radical (unpaired) electrons. The van der Waals surface area contributed by atoms with Gasteiger partial charge in [0, 0.05) is 23.6 Å². The van der Waals surface area contributed by atoms with Crippen LogP contribution in [0.4, 0.5) is 0 Å². The van der Waals surface area contributed by atoms with Crippen LogP contribution >= 0.6 is 0 Å². The first-order valence-corrected chi connectivity index (χ1v) is 9.93. The Hall–Kier alpha value is -2.95. The fourth-order valence-corrected chi connectivity index (χ4v) is 4.07. The first-order valence-electron chi connectivity index (χ1n) is 9.93. The molecule has 0 atom stereocenters. The van der Waals surface area contributed by atoms with E-state index in [2.05, 4.69) is 11.4 Å².